The lowest BCUT2D eigenvalue weighted by Crippen LogP contribution is -2.37. The number of hydrogen-bond acceptors (Lipinski definition) is 3. The molecule has 0 saturated carbocycles. The van der Waals surface area contributed by atoms with Crippen LogP contribution in [0.15, 0.2) is 0 Å². The Balaban J connectivity index is 2.61. The number of nitrogens with one attached hydrogen (secondary N) is 1. The fourth-order valence-corrected chi connectivity index (χ4v) is 1.80. The molecule has 0 aliphatic rings. The molecule has 92 valence electrons. The van der Waals surface area contributed by atoms with E-state index >= 15 is 0 Å². The van der Waals surface area contributed by atoms with E-state index < -0.39 is 0 Å². The summed E-state index contributed by atoms with van der Waals surface area (Å²) in [4.78, 5) is 0. The summed E-state index contributed by atoms with van der Waals surface area (Å²) in [6.45, 7) is 13.8. The van der Waals surface area contributed by atoms with Crippen molar-refractivity contribution in [2.24, 2.45) is 0 Å². The zero-order valence-electron chi connectivity index (χ0n) is 11.3. The monoisotopic (exact) mass is 224 g/mol. The molecule has 1 aromatic heterocycles. The quantitative estimate of drug-likeness (QED) is 0.851. The second kappa shape index (κ2) is 4.95. The Hall–Kier alpha value is -0.900. The van der Waals surface area contributed by atoms with Gasteiger partial charge in [-0.05, 0) is 41.5 Å². The summed E-state index contributed by atoms with van der Waals surface area (Å²) in [6, 6.07) is 0.430. The van der Waals surface area contributed by atoms with Crippen molar-refractivity contribution in [1.29, 1.82) is 0 Å². The SMILES string of the molecule is Cc1nnc(CCNC(C)(C)C)n1C(C)C. The topological polar surface area (TPSA) is 42.7 Å². The molecule has 0 aliphatic carbocycles. The van der Waals surface area contributed by atoms with Crippen LogP contribution in [0.3, 0.4) is 0 Å². The number of nitrogens with zero attached hydrogens (tertiary/aromatic N) is 3. The van der Waals surface area contributed by atoms with Crippen LogP contribution in [0.25, 0.3) is 0 Å². The van der Waals surface area contributed by atoms with E-state index in [0.29, 0.717) is 6.04 Å². The average molecular weight is 224 g/mol. The summed E-state index contributed by atoms with van der Waals surface area (Å²) in [5.41, 5.74) is 0.164. The van der Waals surface area contributed by atoms with Crippen LogP contribution in [0.1, 0.15) is 52.3 Å². The van der Waals surface area contributed by atoms with E-state index in [1.165, 1.54) is 0 Å². The van der Waals surface area contributed by atoms with Gasteiger partial charge in [0.15, 0.2) is 0 Å². The van der Waals surface area contributed by atoms with Gasteiger partial charge in [-0.25, -0.2) is 0 Å². The predicted octanol–water partition coefficient (Wildman–Crippen LogP) is 2.10. The van der Waals surface area contributed by atoms with Gasteiger partial charge in [-0.2, -0.15) is 0 Å². The number of aryl methyl sites for hydroxylation is 1. The Morgan fingerprint density at radius 1 is 1.25 bits per heavy atom. The molecule has 0 saturated heterocycles. The standard InChI is InChI=1S/C12H24N4/c1-9(2)16-10(3)14-15-11(16)7-8-13-12(4,5)6/h9,13H,7-8H2,1-6H3. The van der Waals surface area contributed by atoms with Crippen LogP contribution in [-0.2, 0) is 6.42 Å². The fraction of sp³-hybridized carbons (Fsp3) is 0.833. The van der Waals surface area contributed by atoms with Gasteiger partial charge in [0.05, 0.1) is 0 Å². The Kier molecular flexibility index (Phi) is 4.08. The van der Waals surface area contributed by atoms with E-state index in [1.807, 2.05) is 6.92 Å². The van der Waals surface area contributed by atoms with Gasteiger partial charge >= 0.3 is 0 Å². The van der Waals surface area contributed by atoms with Gasteiger partial charge in [0, 0.05) is 24.5 Å². The summed E-state index contributed by atoms with van der Waals surface area (Å²) in [6.07, 6.45) is 0.927. The molecule has 1 heterocycles. The molecule has 4 nitrogen and oxygen atoms in total. The van der Waals surface area contributed by atoms with Crippen LogP contribution in [-0.4, -0.2) is 26.8 Å². The molecule has 4 heteroatoms. The maximum Gasteiger partial charge on any atom is 0.134 e. The fourth-order valence-electron chi connectivity index (χ4n) is 1.80. The summed E-state index contributed by atoms with van der Waals surface area (Å²) >= 11 is 0. The predicted molar refractivity (Wildman–Crippen MR) is 66.6 cm³/mol. The minimum atomic E-state index is 0.164. The molecule has 0 aromatic carbocycles. The van der Waals surface area contributed by atoms with Gasteiger partial charge < -0.3 is 9.88 Å². The minimum absolute atomic E-state index is 0.164. The average Bonchev–Trinajstić information content (AvgIpc) is 2.44. The van der Waals surface area contributed by atoms with E-state index in [9.17, 15) is 0 Å². The van der Waals surface area contributed by atoms with Crippen LogP contribution in [0, 0.1) is 6.92 Å². The maximum atomic E-state index is 4.23. The highest BCUT2D eigenvalue weighted by molar-refractivity contribution is 4.97. The largest absolute Gasteiger partial charge is 0.313 e. The normalized spacial score (nSPS) is 12.4. The van der Waals surface area contributed by atoms with E-state index in [1.54, 1.807) is 0 Å². The number of rotatable bonds is 4. The van der Waals surface area contributed by atoms with E-state index in [0.717, 1.165) is 24.6 Å². The molecular formula is C12H24N4. The van der Waals surface area contributed by atoms with Crippen molar-refractivity contribution in [3.05, 3.63) is 11.6 Å². The van der Waals surface area contributed by atoms with Crippen molar-refractivity contribution in [1.82, 2.24) is 20.1 Å². The zero-order valence-corrected chi connectivity index (χ0v) is 11.3. The Morgan fingerprint density at radius 3 is 2.38 bits per heavy atom. The number of aromatic nitrogens is 3. The Bertz CT molecular complexity index is 333. The molecule has 16 heavy (non-hydrogen) atoms. The highest BCUT2D eigenvalue weighted by atomic mass is 15.3. The second-order valence-corrected chi connectivity index (χ2v) is 5.55. The first-order valence-corrected chi connectivity index (χ1v) is 5.96. The Labute approximate surface area is 98.5 Å². The third-order valence-corrected chi connectivity index (χ3v) is 2.46. The maximum absolute atomic E-state index is 4.23. The van der Waals surface area contributed by atoms with Gasteiger partial charge in [0.2, 0.25) is 0 Å². The highest BCUT2D eigenvalue weighted by Crippen LogP contribution is 2.11. The van der Waals surface area contributed by atoms with Crippen LogP contribution in [0.5, 0.6) is 0 Å². The molecule has 0 fully saturated rings. The smallest absolute Gasteiger partial charge is 0.134 e. The lowest BCUT2D eigenvalue weighted by Gasteiger charge is -2.20. The summed E-state index contributed by atoms with van der Waals surface area (Å²) in [7, 11) is 0. The van der Waals surface area contributed by atoms with Crippen molar-refractivity contribution in [3.8, 4) is 0 Å². The molecule has 1 N–H and O–H groups in total. The third-order valence-electron chi connectivity index (χ3n) is 2.46. The first-order chi connectivity index (χ1) is 7.31. The molecule has 0 radical (unpaired) electrons. The Morgan fingerprint density at radius 2 is 1.88 bits per heavy atom. The minimum Gasteiger partial charge on any atom is -0.313 e. The molecule has 1 rings (SSSR count). The van der Waals surface area contributed by atoms with E-state index in [2.05, 4.69) is 54.7 Å². The van der Waals surface area contributed by atoms with Crippen LogP contribution < -0.4 is 5.32 Å². The van der Waals surface area contributed by atoms with Crippen molar-refractivity contribution in [3.63, 3.8) is 0 Å². The van der Waals surface area contributed by atoms with Gasteiger partial charge in [-0.15, -0.1) is 10.2 Å². The van der Waals surface area contributed by atoms with Crippen molar-refractivity contribution in [2.75, 3.05) is 6.54 Å². The molecule has 1 aromatic rings. The lowest BCUT2D eigenvalue weighted by atomic mass is 10.1. The molecule has 0 aliphatic heterocycles. The van der Waals surface area contributed by atoms with Crippen LogP contribution in [0.2, 0.25) is 0 Å². The second-order valence-electron chi connectivity index (χ2n) is 5.55. The molecular weight excluding hydrogens is 200 g/mol. The first-order valence-electron chi connectivity index (χ1n) is 5.96. The molecule has 0 spiro atoms. The third kappa shape index (κ3) is 3.59. The van der Waals surface area contributed by atoms with Gasteiger partial charge in [0.25, 0.3) is 0 Å². The van der Waals surface area contributed by atoms with Gasteiger partial charge in [0.1, 0.15) is 11.6 Å². The summed E-state index contributed by atoms with van der Waals surface area (Å²) < 4.78 is 2.20. The summed E-state index contributed by atoms with van der Waals surface area (Å²) in [5, 5.41) is 11.8. The van der Waals surface area contributed by atoms with Gasteiger partial charge in [-0.1, -0.05) is 0 Å². The molecule has 0 amide bonds. The molecule has 0 unspecified atom stereocenters. The molecule has 0 bridgehead atoms. The lowest BCUT2D eigenvalue weighted by molar-refractivity contribution is 0.423. The zero-order chi connectivity index (χ0) is 12.3. The first kappa shape index (κ1) is 13.2. The van der Waals surface area contributed by atoms with Crippen LogP contribution in [0.4, 0.5) is 0 Å². The summed E-state index contributed by atoms with van der Waals surface area (Å²) in [5.74, 6) is 2.07. The van der Waals surface area contributed by atoms with Crippen molar-refractivity contribution in [2.45, 2.75) is 59.5 Å². The number of hydrogen-bond donors (Lipinski definition) is 1. The van der Waals surface area contributed by atoms with Crippen molar-refractivity contribution >= 4 is 0 Å². The highest BCUT2D eigenvalue weighted by Gasteiger charge is 2.13. The van der Waals surface area contributed by atoms with Crippen LogP contribution >= 0.6 is 0 Å². The van der Waals surface area contributed by atoms with Crippen molar-refractivity contribution < 1.29 is 0 Å². The van der Waals surface area contributed by atoms with E-state index in [4.69, 9.17) is 0 Å². The molecule has 0 atom stereocenters. The van der Waals surface area contributed by atoms with E-state index in [-0.39, 0.29) is 5.54 Å². The van der Waals surface area contributed by atoms with Gasteiger partial charge in [-0.3, -0.25) is 0 Å².